The molecule has 0 aliphatic heterocycles. The highest BCUT2D eigenvalue weighted by atomic mass is 32.2. The van der Waals surface area contributed by atoms with Gasteiger partial charge in [-0.1, -0.05) is 23.9 Å². The van der Waals surface area contributed by atoms with E-state index in [0.717, 1.165) is 21.5 Å². The van der Waals surface area contributed by atoms with E-state index in [-0.39, 0.29) is 0 Å². The molecule has 0 amide bonds. The molecule has 0 spiro atoms. The lowest BCUT2D eigenvalue weighted by Crippen LogP contribution is -1.86. The van der Waals surface area contributed by atoms with E-state index in [9.17, 15) is 0 Å². The van der Waals surface area contributed by atoms with Gasteiger partial charge in [-0.15, -0.1) is 10.2 Å². The van der Waals surface area contributed by atoms with Crippen molar-refractivity contribution in [1.29, 1.82) is 0 Å². The summed E-state index contributed by atoms with van der Waals surface area (Å²) in [5, 5.41) is 9.54. The van der Waals surface area contributed by atoms with Crippen molar-refractivity contribution >= 4 is 33.8 Å². The molecule has 1 aromatic carbocycles. The molecule has 21 heavy (non-hydrogen) atoms. The first-order valence-corrected chi connectivity index (χ1v) is 7.34. The number of hydrogen-bond acceptors (Lipinski definition) is 7. The van der Waals surface area contributed by atoms with E-state index in [4.69, 9.17) is 8.83 Å². The standard InChI is InChI=1S/C14H10N4O2S/c1-8-17-18-11(19-8)6-21-14-13-12(15-7-16-14)9-4-2-3-5-10(9)20-13/h2-5,7H,6H2,1H3. The second-order valence-corrected chi connectivity index (χ2v) is 5.42. The highest BCUT2D eigenvalue weighted by Crippen LogP contribution is 2.33. The van der Waals surface area contributed by atoms with E-state index in [0.29, 0.717) is 23.1 Å². The molecule has 4 rings (SSSR count). The minimum atomic E-state index is 0.546. The van der Waals surface area contributed by atoms with Gasteiger partial charge in [-0.25, -0.2) is 9.97 Å². The van der Waals surface area contributed by atoms with Crippen molar-refractivity contribution in [1.82, 2.24) is 20.2 Å². The zero-order valence-corrected chi connectivity index (χ0v) is 11.9. The molecule has 3 heterocycles. The lowest BCUT2D eigenvalue weighted by Gasteiger charge is -1.97. The molecule has 104 valence electrons. The molecular weight excluding hydrogens is 288 g/mol. The van der Waals surface area contributed by atoms with Gasteiger partial charge in [0.25, 0.3) is 0 Å². The number of thioether (sulfide) groups is 1. The highest BCUT2D eigenvalue weighted by molar-refractivity contribution is 7.98. The quantitative estimate of drug-likeness (QED) is 0.424. The first kappa shape index (κ1) is 12.3. The van der Waals surface area contributed by atoms with Crippen LogP contribution in [0, 0.1) is 6.92 Å². The maximum atomic E-state index is 5.86. The van der Waals surface area contributed by atoms with Crippen LogP contribution in [0.3, 0.4) is 0 Å². The molecule has 0 bridgehead atoms. The van der Waals surface area contributed by atoms with Crippen molar-refractivity contribution in [3.05, 3.63) is 42.4 Å². The summed E-state index contributed by atoms with van der Waals surface area (Å²) in [4.78, 5) is 8.61. The van der Waals surface area contributed by atoms with Crippen molar-refractivity contribution in [3.63, 3.8) is 0 Å². The fraction of sp³-hybridized carbons (Fsp3) is 0.143. The van der Waals surface area contributed by atoms with E-state index in [2.05, 4.69) is 20.2 Å². The van der Waals surface area contributed by atoms with Gasteiger partial charge < -0.3 is 8.83 Å². The Balaban J connectivity index is 1.74. The lowest BCUT2D eigenvalue weighted by molar-refractivity contribution is 0.485. The zero-order chi connectivity index (χ0) is 14.2. The number of rotatable bonds is 3. The molecule has 0 saturated heterocycles. The normalized spacial score (nSPS) is 11.5. The second kappa shape index (κ2) is 4.85. The Hall–Kier alpha value is -2.41. The Kier molecular flexibility index (Phi) is 2.85. The van der Waals surface area contributed by atoms with Crippen molar-refractivity contribution in [3.8, 4) is 0 Å². The van der Waals surface area contributed by atoms with Crippen LogP contribution < -0.4 is 0 Å². The van der Waals surface area contributed by atoms with Crippen molar-refractivity contribution < 1.29 is 8.83 Å². The van der Waals surface area contributed by atoms with Crippen LogP contribution in [0.2, 0.25) is 0 Å². The van der Waals surface area contributed by atoms with Crippen molar-refractivity contribution in [2.24, 2.45) is 0 Å². The third-order valence-electron chi connectivity index (χ3n) is 3.03. The zero-order valence-electron chi connectivity index (χ0n) is 11.1. The smallest absolute Gasteiger partial charge is 0.226 e. The van der Waals surface area contributed by atoms with Crippen molar-refractivity contribution in [2.75, 3.05) is 0 Å². The fourth-order valence-corrected chi connectivity index (χ4v) is 2.90. The van der Waals surface area contributed by atoms with Gasteiger partial charge >= 0.3 is 0 Å². The number of benzene rings is 1. The summed E-state index contributed by atoms with van der Waals surface area (Å²) in [7, 11) is 0. The van der Waals surface area contributed by atoms with Crippen LogP contribution in [0.1, 0.15) is 11.8 Å². The molecule has 0 saturated carbocycles. The molecular formula is C14H10N4O2S. The van der Waals surface area contributed by atoms with Gasteiger partial charge in [0.15, 0.2) is 5.58 Å². The Labute approximate surface area is 123 Å². The maximum Gasteiger partial charge on any atom is 0.226 e. The van der Waals surface area contributed by atoms with E-state index >= 15 is 0 Å². The van der Waals surface area contributed by atoms with Crippen LogP contribution in [-0.2, 0) is 5.75 Å². The minimum absolute atomic E-state index is 0.546. The van der Waals surface area contributed by atoms with Gasteiger partial charge in [-0.3, -0.25) is 0 Å². The lowest BCUT2D eigenvalue weighted by atomic mass is 10.2. The van der Waals surface area contributed by atoms with Crippen LogP contribution in [0.15, 0.2) is 44.5 Å². The van der Waals surface area contributed by atoms with Crippen LogP contribution in [-0.4, -0.2) is 20.2 Å². The molecule has 0 N–H and O–H groups in total. The predicted molar refractivity (Wildman–Crippen MR) is 77.9 cm³/mol. The summed E-state index contributed by atoms with van der Waals surface area (Å²) >= 11 is 1.49. The first-order chi connectivity index (χ1) is 10.3. The number of hydrogen-bond donors (Lipinski definition) is 0. The molecule has 0 unspecified atom stereocenters. The number of aromatic nitrogens is 4. The Bertz CT molecular complexity index is 931. The van der Waals surface area contributed by atoms with E-state index in [1.54, 1.807) is 13.3 Å². The summed E-state index contributed by atoms with van der Waals surface area (Å²) in [5.74, 6) is 1.67. The van der Waals surface area contributed by atoms with E-state index < -0.39 is 0 Å². The second-order valence-electron chi connectivity index (χ2n) is 4.46. The summed E-state index contributed by atoms with van der Waals surface area (Å²) in [6.45, 7) is 1.77. The molecule has 0 aliphatic carbocycles. The SMILES string of the molecule is Cc1nnc(CSc2ncnc3c2oc2ccccc23)o1. The van der Waals surface area contributed by atoms with Crippen LogP contribution in [0.5, 0.6) is 0 Å². The Morgan fingerprint density at radius 1 is 1.10 bits per heavy atom. The molecule has 3 aromatic heterocycles. The predicted octanol–water partition coefficient (Wildman–Crippen LogP) is 3.36. The van der Waals surface area contributed by atoms with Gasteiger partial charge in [0.1, 0.15) is 22.5 Å². The number of fused-ring (bicyclic) bond motifs is 3. The molecule has 0 atom stereocenters. The van der Waals surface area contributed by atoms with Gasteiger partial charge in [-0.2, -0.15) is 0 Å². The number of furan rings is 1. The average Bonchev–Trinajstić information content (AvgIpc) is 3.09. The molecule has 0 radical (unpaired) electrons. The van der Waals surface area contributed by atoms with Gasteiger partial charge in [0, 0.05) is 12.3 Å². The number of nitrogens with zero attached hydrogens (tertiary/aromatic N) is 4. The Morgan fingerprint density at radius 3 is 2.86 bits per heavy atom. The fourth-order valence-electron chi connectivity index (χ4n) is 2.13. The number of para-hydroxylation sites is 1. The summed E-state index contributed by atoms with van der Waals surface area (Å²) in [6.07, 6.45) is 1.55. The molecule has 0 aliphatic rings. The maximum absolute atomic E-state index is 5.86. The van der Waals surface area contributed by atoms with Gasteiger partial charge in [0.05, 0.1) is 5.75 Å². The molecule has 6 nitrogen and oxygen atoms in total. The molecule has 7 heteroatoms. The van der Waals surface area contributed by atoms with E-state index in [1.807, 2.05) is 24.3 Å². The summed E-state index contributed by atoms with van der Waals surface area (Å²) < 4.78 is 11.2. The minimum Gasteiger partial charge on any atom is -0.451 e. The van der Waals surface area contributed by atoms with Crippen LogP contribution >= 0.6 is 11.8 Å². The first-order valence-electron chi connectivity index (χ1n) is 6.35. The molecule has 4 aromatic rings. The largest absolute Gasteiger partial charge is 0.451 e. The number of aryl methyl sites for hydroxylation is 1. The highest BCUT2D eigenvalue weighted by Gasteiger charge is 2.14. The average molecular weight is 298 g/mol. The molecule has 0 fully saturated rings. The van der Waals surface area contributed by atoms with E-state index in [1.165, 1.54) is 11.8 Å². The Morgan fingerprint density at radius 2 is 2.00 bits per heavy atom. The topological polar surface area (TPSA) is 77.8 Å². The third-order valence-corrected chi connectivity index (χ3v) is 3.98. The summed E-state index contributed by atoms with van der Waals surface area (Å²) in [5.41, 5.74) is 2.33. The van der Waals surface area contributed by atoms with Gasteiger partial charge in [0.2, 0.25) is 11.8 Å². The van der Waals surface area contributed by atoms with Crippen LogP contribution in [0.4, 0.5) is 0 Å². The summed E-state index contributed by atoms with van der Waals surface area (Å²) in [6, 6.07) is 7.82. The monoisotopic (exact) mass is 298 g/mol. The van der Waals surface area contributed by atoms with Gasteiger partial charge in [-0.05, 0) is 12.1 Å². The third kappa shape index (κ3) is 2.15. The van der Waals surface area contributed by atoms with Crippen molar-refractivity contribution in [2.45, 2.75) is 17.7 Å². The van der Waals surface area contributed by atoms with Crippen LogP contribution in [0.25, 0.3) is 22.1 Å².